The smallest absolute Gasteiger partial charge is 0.312 e. The Labute approximate surface area is 226 Å². The molecule has 0 aromatic heterocycles. The van der Waals surface area contributed by atoms with Gasteiger partial charge in [0.1, 0.15) is 6.10 Å². The summed E-state index contributed by atoms with van der Waals surface area (Å²) >= 11 is 0. The quantitative estimate of drug-likeness (QED) is 0.194. The number of urea groups is 1. The second kappa shape index (κ2) is 17.2. The normalized spacial score (nSPS) is 23.4. The molecule has 5 unspecified atom stereocenters. The molecule has 0 aliphatic carbocycles. The highest BCUT2D eigenvalue weighted by Gasteiger charge is 2.51. The van der Waals surface area contributed by atoms with Gasteiger partial charge in [-0.3, -0.25) is 19.3 Å². The van der Waals surface area contributed by atoms with Crippen molar-refractivity contribution in [2.75, 3.05) is 32.7 Å². The van der Waals surface area contributed by atoms with Gasteiger partial charge in [-0.05, 0) is 45.6 Å². The van der Waals surface area contributed by atoms with Crippen molar-refractivity contribution in [3.8, 4) is 0 Å². The van der Waals surface area contributed by atoms with E-state index in [4.69, 9.17) is 24.7 Å². The van der Waals surface area contributed by atoms with E-state index in [9.17, 15) is 19.2 Å². The van der Waals surface area contributed by atoms with Gasteiger partial charge in [0.15, 0.2) is 12.4 Å². The summed E-state index contributed by atoms with van der Waals surface area (Å²) < 4.78 is 23.6. The number of carbonyl (C=O) groups is 4. The topological polar surface area (TPSA) is 159 Å². The van der Waals surface area contributed by atoms with Crippen LogP contribution < -0.4 is 16.4 Å². The fraction of sp³-hybridized carbons (Fsp3) is 0.846. The van der Waals surface area contributed by atoms with Crippen LogP contribution in [-0.2, 0) is 33.3 Å². The summed E-state index contributed by atoms with van der Waals surface area (Å²) in [4.78, 5) is 48.3. The number of amides is 3. The van der Waals surface area contributed by atoms with Crippen LogP contribution in [0, 0.1) is 11.8 Å². The first-order valence-electron chi connectivity index (χ1n) is 13.5. The van der Waals surface area contributed by atoms with E-state index in [1.807, 2.05) is 27.7 Å². The van der Waals surface area contributed by atoms with Crippen molar-refractivity contribution in [2.45, 2.75) is 98.4 Å². The summed E-state index contributed by atoms with van der Waals surface area (Å²) in [5, 5.41) is 5.38. The minimum absolute atomic E-state index is 0.0800. The van der Waals surface area contributed by atoms with Gasteiger partial charge in [0.25, 0.3) is 0 Å². The van der Waals surface area contributed by atoms with E-state index in [0.29, 0.717) is 32.6 Å². The Hall–Kier alpha value is -2.44. The molecule has 4 N–H and O–H groups in total. The largest absolute Gasteiger partial charge is 0.458 e. The molecular weight excluding hydrogens is 496 g/mol. The van der Waals surface area contributed by atoms with Gasteiger partial charge in [-0.15, -0.1) is 0 Å². The first kappa shape index (κ1) is 33.6. The van der Waals surface area contributed by atoms with Gasteiger partial charge in [0.05, 0.1) is 12.2 Å². The fourth-order valence-corrected chi connectivity index (χ4v) is 4.77. The number of hydrogen-bond donors (Lipinski definition) is 3. The molecule has 0 spiro atoms. The van der Waals surface area contributed by atoms with Crippen LogP contribution in [0.2, 0.25) is 0 Å². The lowest BCUT2D eigenvalue weighted by Gasteiger charge is -2.47. The molecule has 1 rings (SSSR count). The molecule has 5 atom stereocenters. The van der Waals surface area contributed by atoms with E-state index in [-0.39, 0.29) is 30.0 Å². The van der Waals surface area contributed by atoms with Crippen LogP contribution in [0.5, 0.6) is 0 Å². The van der Waals surface area contributed by atoms with E-state index in [2.05, 4.69) is 15.5 Å². The number of primary amides is 1. The van der Waals surface area contributed by atoms with Gasteiger partial charge in [0.2, 0.25) is 5.91 Å². The van der Waals surface area contributed by atoms with Crippen LogP contribution in [0.1, 0.15) is 67.7 Å². The molecule has 38 heavy (non-hydrogen) atoms. The third-order valence-corrected chi connectivity index (χ3v) is 6.23. The maximum absolute atomic E-state index is 12.0. The standard InChI is InChI=1S/C26H48N4O8/c1-16(2)22-21(10-8-9-13-30(14-11-28-18(5)31)15-12-29-26(27)34)38-25(35-17(3)4)24(37-20(7)33)23(22)36-19(6)32/h16-17,21-25H,8-15H2,1-7H3,(H,28,31)(H3,27,29,34). The first-order chi connectivity index (χ1) is 17.8. The third kappa shape index (κ3) is 12.9. The van der Waals surface area contributed by atoms with Crippen molar-refractivity contribution in [2.24, 2.45) is 17.6 Å². The first-order valence-corrected chi connectivity index (χ1v) is 13.5. The molecule has 3 amide bonds. The van der Waals surface area contributed by atoms with Crippen LogP contribution >= 0.6 is 0 Å². The molecule has 1 aliphatic heterocycles. The summed E-state index contributed by atoms with van der Waals surface area (Å²) in [6.07, 6.45) is -0.576. The maximum Gasteiger partial charge on any atom is 0.312 e. The maximum atomic E-state index is 12.0. The zero-order valence-corrected chi connectivity index (χ0v) is 24.0. The lowest BCUT2D eigenvalue weighted by atomic mass is 9.78. The summed E-state index contributed by atoms with van der Waals surface area (Å²) in [5.74, 6) is -1.18. The van der Waals surface area contributed by atoms with E-state index < -0.39 is 36.5 Å². The van der Waals surface area contributed by atoms with Crippen molar-refractivity contribution >= 4 is 23.9 Å². The predicted octanol–water partition coefficient (Wildman–Crippen LogP) is 1.55. The summed E-state index contributed by atoms with van der Waals surface area (Å²) in [6, 6.07) is -0.575. The second-order valence-corrected chi connectivity index (χ2v) is 10.3. The Balaban J connectivity index is 2.92. The number of esters is 2. The van der Waals surface area contributed by atoms with Crippen molar-refractivity contribution in [1.29, 1.82) is 0 Å². The Morgan fingerprint density at radius 1 is 0.868 bits per heavy atom. The average molecular weight is 545 g/mol. The summed E-state index contributed by atoms with van der Waals surface area (Å²) in [5.41, 5.74) is 5.17. The molecule has 1 saturated heterocycles. The van der Waals surface area contributed by atoms with Gasteiger partial charge in [-0.2, -0.15) is 0 Å². The number of nitrogens with one attached hydrogen (secondary N) is 2. The number of nitrogens with zero attached hydrogens (tertiary/aromatic N) is 1. The van der Waals surface area contributed by atoms with Gasteiger partial charge in [-0.1, -0.05) is 13.8 Å². The zero-order chi connectivity index (χ0) is 28.8. The number of unbranched alkanes of at least 4 members (excludes halogenated alkanes) is 1. The van der Waals surface area contributed by atoms with Gasteiger partial charge in [-0.25, -0.2) is 4.79 Å². The molecule has 1 heterocycles. The lowest BCUT2D eigenvalue weighted by molar-refractivity contribution is -0.305. The van der Waals surface area contributed by atoms with Gasteiger partial charge >= 0.3 is 18.0 Å². The van der Waals surface area contributed by atoms with Crippen LogP contribution in [0.3, 0.4) is 0 Å². The fourth-order valence-electron chi connectivity index (χ4n) is 4.77. The minimum atomic E-state index is -0.871. The Bertz CT molecular complexity index is 744. The van der Waals surface area contributed by atoms with E-state index in [0.717, 1.165) is 19.4 Å². The molecule has 220 valence electrons. The Morgan fingerprint density at radius 3 is 1.95 bits per heavy atom. The highest BCUT2D eigenvalue weighted by atomic mass is 16.7. The van der Waals surface area contributed by atoms with E-state index >= 15 is 0 Å². The Kier molecular flexibility index (Phi) is 15.2. The molecule has 0 aromatic rings. The molecule has 0 radical (unpaired) electrons. The number of hydrogen-bond acceptors (Lipinski definition) is 9. The SMILES string of the molecule is CC(=O)NCCN(CCCCC1OC(OC(C)C)C(OC(C)=O)C(OC(C)=O)C1C(C)C)CCNC(N)=O. The minimum Gasteiger partial charge on any atom is -0.458 e. The van der Waals surface area contributed by atoms with Crippen molar-refractivity contribution in [1.82, 2.24) is 15.5 Å². The third-order valence-electron chi connectivity index (χ3n) is 6.23. The molecule has 0 saturated carbocycles. The van der Waals surface area contributed by atoms with E-state index in [1.54, 1.807) is 0 Å². The van der Waals surface area contributed by atoms with Crippen molar-refractivity contribution in [3.63, 3.8) is 0 Å². The summed E-state index contributed by atoms with van der Waals surface area (Å²) in [7, 11) is 0. The molecule has 0 aromatic carbocycles. The Morgan fingerprint density at radius 2 is 1.45 bits per heavy atom. The predicted molar refractivity (Wildman–Crippen MR) is 141 cm³/mol. The average Bonchev–Trinajstić information content (AvgIpc) is 2.76. The lowest BCUT2D eigenvalue weighted by Crippen LogP contribution is -2.59. The van der Waals surface area contributed by atoms with Crippen LogP contribution in [0.25, 0.3) is 0 Å². The molecule has 1 aliphatic rings. The zero-order valence-electron chi connectivity index (χ0n) is 24.0. The molecule has 1 fully saturated rings. The number of carbonyl (C=O) groups excluding carboxylic acids is 4. The van der Waals surface area contributed by atoms with Crippen LogP contribution in [0.15, 0.2) is 0 Å². The monoisotopic (exact) mass is 544 g/mol. The highest BCUT2D eigenvalue weighted by Crippen LogP contribution is 2.38. The molecule has 12 nitrogen and oxygen atoms in total. The molecule has 0 bridgehead atoms. The van der Waals surface area contributed by atoms with Gasteiger partial charge < -0.3 is 35.3 Å². The number of nitrogens with two attached hydrogens (primary N) is 1. The van der Waals surface area contributed by atoms with Crippen LogP contribution in [0.4, 0.5) is 4.79 Å². The second-order valence-electron chi connectivity index (χ2n) is 10.3. The van der Waals surface area contributed by atoms with Crippen molar-refractivity contribution in [3.05, 3.63) is 0 Å². The highest BCUT2D eigenvalue weighted by molar-refractivity contribution is 5.72. The van der Waals surface area contributed by atoms with Gasteiger partial charge in [0, 0.05) is 52.9 Å². The molecule has 12 heteroatoms. The van der Waals surface area contributed by atoms with Crippen LogP contribution in [-0.4, -0.2) is 92.2 Å². The number of ether oxygens (including phenoxy) is 4. The van der Waals surface area contributed by atoms with Crippen molar-refractivity contribution < 1.29 is 38.1 Å². The molecular formula is C26H48N4O8. The number of rotatable bonds is 16. The summed E-state index contributed by atoms with van der Waals surface area (Å²) in [6.45, 7) is 14.8. The van der Waals surface area contributed by atoms with E-state index in [1.165, 1.54) is 20.8 Å².